The molecule has 1 N–H and O–H groups in total. The fourth-order valence-electron chi connectivity index (χ4n) is 2.79. The number of fused-ring (bicyclic) bond motifs is 1. The number of carbonyl (C=O) groups is 2. The second-order valence-electron chi connectivity index (χ2n) is 5.45. The first-order chi connectivity index (χ1) is 11.6. The maximum atomic E-state index is 12.4. The summed E-state index contributed by atoms with van der Waals surface area (Å²) in [5.41, 5.74) is 1.84. The molecule has 1 heterocycles. The molecule has 0 spiro atoms. The third kappa shape index (κ3) is 2.56. The van der Waals surface area contributed by atoms with Gasteiger partial charge in [0, 0.05) is 23.9 Å². The summed E-state index contributed by atoms with van der Waals surface area (Å²) in [6, 6.07) is 12.8. The zero-order valence-corrected chi connectivity index (χ0v) is 13.7. The summed E-state index contributed by atoms with van der Waals surface area (Å²) in [4.78, 5) is 26.1. The lowest BCUT2D eigenvalue weighted by atomic mass is 9.94. The first-order valence-electron chi connectivity index (χ1n) is 7.45. The number of nitrogens with one attached hydrogen (secondary N) is 1. The Morgan fingerprint density at radius 3 is 2.25 bits per heavy atom. The molecule has 2 aromatic rings. The molecule has 1 aliphatic heterocycles. The van der Waals surface area contributed by atoms with Gasteiger partial charge in [-0.1, -0.05) is 18.2 Å². The normalized spacial score (nSPS) is 16.6. The van der Waals surface area contributed by atoms with E-state index in [-0.39, 0.29) is 0 Å². The minimum Gasteiger partial charge on any atom is -0.493 e. The molecular formula is C18H18N2O4. The van der Waals surface area contributed by atoms with Crippen molar-refractivity contribution in [3.05, 3.63) is 53.6 Å². The molecule has 3 rings (SSSR count). The SMILES string of the molecule is COc1cc2c(cc1OC)C(Nc1ccccc1)N(C)C(=O)C2=O. The van der Waals surface area contributed by atoms with E-state index in [4.69, 9.17) is 9.47 Å². The van der Waals surface area contributed by atoms with Crippen molar-refractivity contribution >= 4 is 17.4 Å². The van der Waals surface area contributed by atoms with E-state index >= 15 is 0 Å². The number of hydrogen-bond acceptors (Lipinski definition) is 5. The van der Waals surface area contributed by atoms with Gasteiger partial charge in [0.05, 0.1) is 14.2 Å². The molecule has 2 aromatic carbocycles. The maximum Gasteiger partial charge on any atom is 0.296 e. The molecule has 0 saturated heterocycles. The molecule has 0 saturated carbocycles. The average Bonchev–Trinajstić information content (AvgIpc) is 2.63. The molecule has 124 valence electrons. The van der Waals surface area contributed by atoms with Gasteiger partial charge in [-0.2, -0.15) is 0 Å². The van der Waals surface area contributed by atoms with E-state index in [0.29, 0.717) is 22.6 Å². The van der Waals surface area contributed by atoms with E-state index < -0.39 is 17.9 Å². The standard InChI is InChI=1S/C18H18N2O4/c1-20-17(19-11-7-5-4-6-8-11)13-10-15(24-3)14(23-2)9-12(13)16(21)18(20)22/h4-10,17,19H,1-3H3. The fourth-order valence-corrected chi connectivity index (χ4v) is 2.79. The van der Waals surface area contributed by atoms with Crippen LogP contribution in [0.25, 0.3) is 0 Å². The van der Waals surface area contributed by atoms with Gasteiger partial charge in [0.1, 0.15) is 6.17 Å². The first-order valence-corrected chi connectivity index (χ1v) is 7.45. The highest BCUT2D eigenvalue weighted by molar-refractivity contribution is 6.44. The van der Waals surface area contributed by atoms with E-state index in [1.807, 2.05) is 30.3 Å². The van der Waals surface area contributed by atoms with Gasteiger partial charge in [0.15, 0.2) is 11.5 Å². The van der Waals surface area contributed by atoms with Gasteiger partial charge in [0.2, 0.25) is 0 Å². The number of methoxy groups -OCH3 is 2. The van der Waals surface area contributed by atoms with Gasteiger partial charge in [-0.05, 0) is 24.3 Å². The minimum atomic E-state index is -0.567. The van der Waals surface area contributed by atoms with Crippen molar-refractivity contribution in [2.45, 2.75) is 6.17 Å². The molecule has 0 aromatic heterocycles. The van der Waals surface area contributed by atoms with Crippen LogP contribution < -0.4 is 14.8 Å². The number of nitrogens with zero attached hydrogens (tertiary/aromatic N) is 1. The van der Waals surface area contributed by atoms with Crippen LogP contribution in [0, 0.1) is 0 Å². The minimum absolute atomic E-state index is 0.323. The van der Waals surface area contributed by atoms with Crippen LogP contribution in [-0.2, 0) is 4.79 Å². The Balaban J connectivity index is 2.12. The highest BCUT2D eigenvalue weighted by Gasteiger charge is 2.37. The molecule has 0 radical (unpaired) electrons. The Morgan fingerprint density at radius 2 is 1.62 bits per heavy atom. The van der Waals surface area contributed by atoms with Gasteiger partial charge >= 0.3 is 0 Å². The van der Waals surface area contributed by atoms with E-state index in [2.05, 4.69) is 5.32 Å². The van der Waals surface area contributed by atoms with Crippen LogP contribution in [0.3, 0.4) is 0 Å². The third-order valence-electron chi connectivity index (χ3n) is 4.07. The Morgan fingerprint density at radius 1 is 1.00 bits per heavy atom. The fraction of sp³-hybridized carbons (Fsp3) is 0.222. The van der Waals surface area contributed by atoms with Gasteiger partial charge < -0.3 is 19.7 Å². The number of ketones is 1. The largest absolute Gasteiger partial charge is 0.493 e. The van der Waals surface area contributed by atoms with Gasteiger partial charge in [-0.3, -0.25) is 9.59 Å². The molecular weight excluding hydrogens is 308 g/mol. The van der Waals surface area contributed by atoms with E-state index in [1.54, 1.807) is 19.2 Å². The lowest BCUT2D eigenvalue weighted by Gasteiger charge is -2.35. The molecule has 1 atom stereocenters. The van der Waals surface area contributed by atoms with Crippen LogP contribution in [0.2, 0.25) is 0 Å². The lowest BCUT2D eigenvalue weighted by Crippen LogP contribution is -2.44. The van der Waals surface area contributed by atoms with Crippen molar-refractivity contribution in [2.75, 3.05) is 26.6 Å². The summed E-state index contributed by atoms with van der Waals surface area (Å²) < 4.78 is 10.6. The highest BCUT2D eigenvalue weighted by Crippen LogP contribution is 2.38. The number of anilines is 1. The topological polar surface area (TPSA) is 67.9 Å². The Kier molecular flexibility index (Phi) is 4.12. The number of para-hydroxylation sites is 1. The summed E-state index contributed by atoms with van der Waals surface area (Å²) in [5.74, 6) is -0.199. The first kappa shape index (κ1) is 15.9. The smallest absolute Gasteiger partial charge is 0.296 e. The Bertz CT molecular complexity index is 789. The summed E-state index contributed by atoms with van der Waals surface area (Å²) in [7, 11) is 4.62. The van der Waals surface area contributed by atoms with Crippen molar-refractivity contribution in [1.82, 2.24) is 4.90 Å². The molecule has 6 heteroatoms. The molecule has 6 nitrogen and oxygen atoms in total. The Labute approximate surface area is 140 Å². The quantitative estimate of drug-likeness (QED) is 0.874. The molecule has 1 aliphatic rings. The number of amides is 1. The molecule has 0 aliphatic carbocycles. The van der Waals surface area contributed by atoms with Gasteiger partial charge in [0.25, 0.3) is 11.7 Å². The van der Waals surface area contributed by atoms with Crippen LogP contribution in [0.1, 0.15) is 22.1 Å². The third-order valence-corrected chi connectivity index (χ3v) is 4.07. The second-order valence-corrected chi connectivity index (χ2v) is 5.45. The van der Waals surface area contributed by atoms with Crippen LogP contribution in [0.5, 0.6) is 11.5 Å². The second kappa shape index (κ2) is 6.23. The van der Waals surface area contributed by atoms with Crippen molar-refractivity contribution in [2.24, 2.45) is 0 Å². The van der Waals surface area contributed by atoms with Crippen LogP contribution in [0.4, 0.5) is 5.69 Å². The highest BCUT2D eigenvalue weighted by atomic mass is 16.5. The lowest BCUT2D eigenvalue weighted by molar-refractivity contribution is -0.127. The number of likely N-dealkylation sites (N-methyl/N-ethyl adjacent to an activating group) is 1. The van der Waals surface area contributed by atoms with E-state index in [1.165, 1.54) is 19.1 Å². The number of hydrogen-bond donors (Lipinski definition) is 1. The molecule has 1 unspecified atom stereocenters. The van der Waals surface area contributed by atoms with Crippen molar-refractivity contribution < 1.29 is 19.1 Å². The van der Waals surface area contributed by atoms with Crippen molar-refractivity contribution in [3.8, 4) is 11.5 Å². The summed E-state index contributed by atoms with van der Waals surface area (Å²) in [5, 5.41) is 3.28. The van der Waals surface area contributed by atoms with Crippen molar-refractivity contribution in [3.63, 3.8) is 0 Å². The summed E-state index contributed by atoms with van der Waals surface area (Å²) >= 11 is 0. The van der Waals surface area contributed by atoms with E-state index in [9.17, 15) is 9.59 Å². The van der Waals surface area contributed by atoms with Crippen LogP contribution in [0.15, 0.2) is 42.5 Å². The molecule has 24 heavy (non-hydrogen) atoms. The zero-order valence-electron chi connectivity index (χ0n) is 13.7. The molecule has 0 fully saturated rings. The number of Topliss-reactive ketones (excluding diaryl/α,β-unsaturated/α-hetero) is 1. The predicted octanol–water partition coefficient (Wildman–Crippen LogP) is 2.47. The summed E-state index contributed by atoms with van der Waals surface area (Å²) in [6.07, 6.45) is -0.479. The molecule has 1 amide bonds. The number of carbonyl (C=O) groups excluding carboxylic acids is 2. The van der Waals surface area contributed by atoms with Gasteiger partial charge in [-0.25, -0.2) is 0 Å². The number of benzene rings is 2. The Hall–Kier alpha value is -3.02. The van der Waals surface area contributed by atoms with Crippen LogP contribution in [-0.4, -0.2) is 37.9 Å². The van der Waals surface area contributed by atoms with Crippen LogP contribution >= 0.6 is 0 Å². The number of rotatable bonds is 4. The summed E-state index contributed by atoms with van der Waals surface area (Å²) in [6.45, 7) is 0. The van der Waals surface area contributed by atoms with E-state index in [0.717, 1.165) is 5.69 Å². The zero-order chi connectivity index (χ0) is 17.3. The molecule has 0 bridgehead atoms. The predicted molar refractivity (Wildman–Crippen MR) is 89.5 cm³/mol. The monoisotopic (exact) mass is 326 g/mol. The number of ether oxygens (including phenoxy) is 2. The van der Waals surface area contributed by atoms with Crippen molar-refractivity contribution in [1.29, 1.82) is 0 Å². The van der Waals surface area contributed by atoms with Gasteiger partial charge in [-0.15, -0.1) is 0 Å². The average molecular weight is 326 g/mol. The maximum absolute atomic E-state index is 12.4.